The van der Waals surface area contributed by atoms with Crippen LogP contribution in [0.5, 0.6) is 11.5 Å². The van der Waals surface area contributed by atoms with Crippen LogP contribution in [0.2, 0.25) is 5.02 Å². The van der Waals surface area contributed by atoms with E-state index in [0.29, 0.717) is 17.4 Å². The van der Waals surface area contributed by atoms with Crippen LogP contribution in [0.4, 0.5) is 0 Å². The van der Waals surface area contributed by atoms with E-state index in [2.05, 4.69) is 0 Å². The van der Waals surface area contributed by atoms with Crippen LogP contribution in [-0.2, 0) is 6.61 Å². The Morgan fingerprint density at radius 3 is 2.74 bits per heavy atom. The molecular weight excluding hydrogens is 262 g/mol. The van der Waals surface area contributed by atoms with E-state index in [1.807, 2.05) is 25.1 Å². The monoisotopic (exact) mass is 277 g/mol. The van der Waals surface area contributed by atoms with E-state index in [1.54, 1.807) is 24.3 Å². The second-order valence-corrected chi connectivity index (χ2v) is 4.87. The van der Waals surface area contributed by atoms with Gasteiger partial charge in [0.2, 0.25) is 0 Å². The van der Waals surface area contributed by atoms with Gasteiger partial charge in [0.15, 0.2) is 0 Å². The molecule has 0 aliphatic rings. The summed E-state index contributed by atoms with van der Waals surface area (Å²) in [5.41, 5.74) is 7.66. The van der Waals surface area contributed by atoms with E-state index in [1.165, 1.54) is 0 Å². The molecule has 19 heavy (non-hydrogen) atoms. The third-order valence-electron chi connectivity index (χ3n) is 2.77. The molecule has 4 heteroatoms. The van der Waals surface area contributed by atoms with Crippen molar-refractivity contribution < 1.29 is 9.84 Å². The summed E-state index contributed by atoms with van der Waals surface area (Å²) in [5, 5.41) is 10.0. The summed E-state index contributed by atoms with van der Waals surface area (Å²) < 4.78 is 5.74. The van der Waals surface area contributed by atoms with Gasteiger partial charge >= 0.3 is 0 Å². The summed E-state index contributed by atoms with van der Waals surface area (Å²) in [7, 11) is 0. The smallest absolute Gasteiger partial charge is 0.124 e. The molecule has 0 unspecified atom stereocenters. The predicted molar refractivity (Wildman–Crippen MR) is 76.5 cm³/mol. The molecule has 0 amide bonds. The van der Waals surface area contributed by atoms with Gasteiger partial charge in [-0.25, -0.2) is 0 Å². The number of phenols is 1. The van der Waals surface area contributed by atoms with Gasteiger partial charge in [0.1, 0.15) is 18.1 Å². The summed E-state index contributed by atoms with van der Waals surface area (Å²) in [6.45, 7) is 2.25. The highest BCUT2D eigenvalue weighted by atomic mass is 35.5. The molecule has 0 radical (unpaired) electrons. The highest BCUT2D eigenvalue weighted by Gasteiger charge is 2.09. The Bertz CT molecular complexity index is 570. The fraction of sp³-hybridized carbons (Fsp3) is 0.200. The van der Waals surface area contributed by atoms with Crippen LogP contribution < -0.4 is 10.5 Å². The predicted octanol–water partition coefficient (Wildman–Crippen LogP) is 3.64. The Kier molecular flexibility index (Phi) is 4.30. The lowest BCUT2D eigenvalue weighted by Gasteiger charge is -2.14. The molecule has 0 heterocycles. The minimum absolute atomic E-state index is 0.155. The first kappa shape index (κ1) is 13.7. The van der Waals surface area contributed by atoms with Gasteiger partial charge in [-0.05, 0) is 42.8 Å². The average Bonchev–Trinajstić information content (AvgIpc) is 2.37. The van der Waals surface area contributed by atoms with E-state index in [-0.39, 0.29) is 11.8 Å². The molecular formula is C15H16ClNO2. The van der Waals surface area contributed by atoms with Crippen LogP contribution in [0.25, 0.3) is 0 Å². The SMILES string of the molecule is C[C@@H](N)c1cc(Cl)ccc1OCc1cccc(O)c1. The Morgan fingerprint density at radius 1 is 1.26 bits per heavy atom. The number of benzene rings is 2. The summed E-state index contributed by atoms with van der Waals surface area (Å²) in [4.78, 5) is 0. The molecule has 1 atom stereocenters. The molecule has 0 aliphatic heterocycles. The first-order valence-corrected chi connectivity index (χ1v) is 6.40. The zero-order chi connectivity index (χ0) is 13.8. The van der Waals surface area contributed by atoms with Crippen molar-refractivity contribution in [3.8, 4) is 11.5 Å². The van der Waals surface area contributed by atoms with E-state index in [9.17, 15) is 5.11 Å². The highest BCUT2D eigenvalue weighted by Crippen LogP contribution is 2.28. The third-order valence-corrected chi connectivity index (χ3v) is 3.00. The van der Waals surface area contributed by atoms with E-state index >= 15 is 0 Å². The van der Waals surface area contributed by atoms with Gasteiger partial charge < -0.3 is 15.6 Å². The van der Waals surface area contributed by atoms with Gasteiger partial charge in [0, 0.05) is 16.6 Å². The molecule has 0 aliphatic carbocycles. The van der Waals surface area contributed by atoms with Crippen LogP contribution >= 0.6 is 11.6 Å². The number of phenolic OH excluding ortho intramolecular Hbond substituents is 1. The zero-order valence-corrected chi connectivity index (χ0v) is 11.4. The largest absolute Gasteiger partial charge is 0.508 e. The van der Waals surface area contributed by atoms with Gasteiger partial charge in [-0.3, -0.25) is 0 Å². The number of rotatable bonds is 4. The van der Waals surface area contributed by atoms with Crippen molar-refractivity contribution in [3.63, 3.8) is 0 Å². The first-order chi connectivity index (χ1) is 9.06. The van der Waals surface area contributed by atoms with Gasteiger partial charge in [-0.15, -0.1) is 0 Å². The number of nitrogens with two attached hydrogens (primary N) is 1. The van der Waals surface area contributed by atoms with Crippen molar-refractivity contribution in [1.29, 1.82) is 0 Å². The van der Waals surface area contributed by atoms with Crippen LogP contribution in [0.3, 0.4) is 0 Å². The molecule has 0 bridgehead atoms. The molecule has 0 aromatic heterocycles. The molecule has 3 N–H and O–H groups in total. The van der Waals surface area contributed by atoms with E-state index in [0.717, 1.165) is 11.1 Å². The Hall–Kier alpha value is -1.71. The van der Waals surface area contributed by atoms with Gasteiger partial charge in [0.05, 0.1) is 0 Å². The Balaban J connectivity index is 2.15. The summed E-state index contributed by atoms with van der Waals surface area (Å²) in [6.07, 6.45) is 0. The molecule has 0 saturated carbocycles. The Labute approximate surface area is 117 Å². The maximum Gasteiger partial charge on any atom is 0.124 e. The Morgan fingerprint density at radius 2 is 2.05 bits per heavy atom. The van der Waals surface area contributed by atoms with Crippen molar-refractivity contribution >= 4 is 11.6 Å². The minimum Gasteiger partial charge on any atom is -0.508 e. The minimum atomic E-state index is -0.155. The highest BCUT2D eigenvalue weighted by molar-refractivity contribution is 6.30. The molecule has 2 rings (SSSR count). The lowest BCUT2D eigenvalue weighted by Crippen LogP contribution is -2.08. The fourth-order valence-corrected chi connectivity index (χ4v) is 1.99. The number of hydrogen-bond donors (Lipinski definition) is 2. The quantitative estimate of drug-likeness (QED) is 0.897. The van der Waals surface area contributed by atoms with Crippen LogP contribution in [-0.4, -0.2) is 5.11 Å². The maximum atomic E-state index is 9.40. The third kappa shape index (κ3) is 3.63. The van der Waals surface area contributed by atoms with Gasteiger partial charge in [0.25, 0.3) is 0 Å². The second-order valence-electron chi connectivity index (χ2n) is 4.43. The van der Waals surface area contributed by atoms with E-state index < -0.39 is 0 Å². The number of ether oxygens (including phenoxy) is 1. The van der Waals surface area contributed by atoms with Gasteiger partial charge in [-0.1, -0.05) is 23.7 Å². The topological polar surface area (TPSA) is 55.5 Å². The second kappa shape index (κ2) is 5.95. The van der Waals surface area contributed by atoms with Crippen LogP contribution in [0, 0.1) is 0 Å². The molecule has 2 aromatic rings. The molecule has 0 spiro atoms. The molecule has 0 fully saturated rings. The van der Waals surface area contributed by atoms with Crippen molar-refractivity contribution in [3.05, 3.63) is 58.6 Å². The zero-order valence-electron chi connectivity index (χ0n) is 10.6. The fourth-order valence-electron chi connectivity index (χ4n) is 1.81. The van der Waals surface area contributed by atoms with Crippen molar-refractivity contribution in [2.24, 2.45) is 5.73 Å². The van der Waals surface area contributed by atoms with Crippen molar-refractivity contribution in [2.75, 3.05) is 0 Å². The maximum absolute atomic E-state index is 9.40. The standard InChI is InChI=1S/C15H16ClNO2/c1-10(17)14-8-12(16)5-6-15(14)19-9-11-3-2-4-13(18)7-11/h2-8,10,18H,9,17H2,1H3/t10-/m1/s1. The first-order valence-electron chi connectivity index (χ1n) is 6.02. The number of aromatic hydroxyl groups is 1. The molecule has 0 saturated heterocycles. The molecule has 3 nitrogen and oxygen atoms in total. The molecule has 100 valence electrons. The summed E-state index contributed by atoms with van der Waals surface area (Å²) in [5.74, 6) is 0.937. The number of hydrogen-bond acceptors (Lipinski definition) is 3. The van der Waals surface area contributed by atoms with Crippen molar-refractivity contribution in [1.82, 2.24) is 0 Å². The van der Waals surface area contributed by atoms with Gasteiger partial charge in [-0.2, -0.15) is 0 Å². The lowest BCUT2D eigenvalue weighted by molar-refractivity contribution is 0.301. The normalized spacial score (nSPS) is 12.2. The van der Waals surface area contributed by atoms with E-state index in [4.69, 9.17) is 22.1 Å². The van der Waals surface area contributed by atoms with Crippen LogP contribution in [0.15, 0.2) is 42.5 Å². The molecule has 2 aromatic carbocycles. The number of halogens is 1. The summed E-state index contributed by atoms with van der Waals surface area (Å²) >= 11 is 5.95. The van der Waals surface area contributed by atoms with Crippen molar-refractivity contribution in [2.45, 2.75) is 19.6 Å². The lowest BCUT2D eigenvalue weighted by atomic mass is 10.1. The average molecular weight is 278 g/mol. The van der Waals surface area contributed by atoms with Crippen LogP contribution in [0.1, 0.15) is 24.1 Å². The summed E-state index contributed by atoms with van der Waals surface area (Å²) in [6, 6.07) is 12.2.